The number of rotatable bonds is 4. The largest absolute Gasteiger partial charge is 0.354 e. The van der Waals surface area contributed by atoms with Crippen LogP contribution in [0.15, 0.2) is 60.9 Å². The van der Waals surface area contributed by atoms with Crippen molar-refractivity contribution >= 4 is 11.6 Å². The lowest BCUT2D eigenvalue weighted by Crippen LogP contribution is -2.58. The van der Waals surface area contributed by atoms with Crippen LogP contribution in [-0.2, 0) is 20.9 Å². The first kappa shape index (κ1) is 21.2. The van der Waals surface area contributed by atoms with E-state index in [9.17, 15) is 9.59 Å². The molecule has 1 fully saturated rings. The van der Waals surface area contributed by atoms with Gasteiger partial charge in [-0.25, -0.2) is 0 Å². The monoisotopic (exact) mass is 416 g/mol. The predicted molar refractivity (Wildman–Crippen MR) is 120 cm³/mol. The van der Waals surface area contributed by atoms with Gasteiger partial charge in [0.15, 0.2) is 11.6 Å². The number of hydrogen-bond acceptors (Lipinski definition) is 4. The zero-order valence-electron chi connectivity index (χ0n) is 18.7. The second kappa shape index (κ2) is 7.57. The Hall–Kier alpha value is -3.05. The van der Waals surface area contributed by atoms with E-state index in [1.54, 1.807) is 27.7 Å². The Bertz CT molecular complexity index is 1120. The highest BCUT2D eigenvalue weighted by Crippen LogP contribution is 2.40. The summed E-state index contributed by atoms with van der Waals surface area (Å²) in [4.78, 5) is 26.4. The Labute approximate surface area is 183 Å². The van der Waals surface area contributed by atoms with E-state index in [4.69, 9.17) is 4.74 Å². The smallest absolute Gasteiger partial charge is 0.179 e. The van der Waals surface area contributed by atoms with Crippen LogP contribution in [-0.4, -0.2) is 32.5 Å². The van der Waals surface area contributed by atoms with E-state index in [0.717, 1.165) is 22.3 Å². The van der Waals surface area contributed by atoms with E-state index >= 15 is 0 Å². The summed E-state index contributed by atoms with van der Waals surface area (Å²) in [5, 5.41) is 4.49. The molecule has 0 aliphatic carbocycles. The molecular weight excluding hydrogens is 388 g/mol. The zero-order valence-corrected chi connectivity index (χ0v) is 18.7. The van der Waals surface area contributed by atoms with Crippen LogP contribution < -0.4 is 0 Å². The molecule has 0 unspecified atom stereocenters. The van der Waals surface area contributed by atoms with Gasteiger partial charge in [0.2, 0.25) is 0 Å². The highest BCUT2D eigenvalue weighted by atomic mass is 16.5. The van der Waals surface area contributed by atoms with Crippen LogP contribution in [0.2, 0.25) is 0 Å². The number of ether oxygens (including phenoxy) is 1. The van der Waals surface area contributed by atoms with Crippen molar-refractivity contribution in [2.75, 3.05) is 0 Å². The van der Waals surface area contributed by atoms with Gasteiger partial charge in [-0.2, -0.15) is 5.10 Å². The van der Waals surface area contributed by atoms with Crippen molar-refractivity contribution in [3.63, 3.8) is 0 Å². The van der Waals surface area contributed by atoms with Crippen molar-refractivity contribution in [3.05, 3.63) is 77.6 Å². The molecule has 0 radical (unpaired) electrons. The number of nitrogens with zero attached hydrogens (tertiary/aromatic N) is 2. The van der Waals surface area contributed by atoms with E-state index in [1.807, 2.05) is 60.4 Å². The first-order valence-electron chi connectivity index (χ1n) is 10.5. The van der Waals surface area contributed by atoms with Gasteiger partial charge in [-0.3, -0.25) is 14.3 Å². The fourth-order valence-corrected chi connectivity index (χ4v) is 4.34. The van der Waals surface area contributed by atoms with Crippen molar-refractivity contribution in [3.8, 4) is 11.1 Å². The van der Waals surface area contributed by atoms with Crippen molar-refractivity contribution < 1.29 is 14.3 Å². The maximum Gasteiger partial charge on any atom is 0.179 e. The van der Waals surface area contributed by atoms with Gasteiger partial charge in [0.1, 0.15) is 17.1 Å². The van der Waals surface area contributed by atoms with E-state index in [-0.39, 0.29) is 11.6 Å². The molecule has 1 saturated heterocycles. The van der Waals surface area contributed by atoms with Gasteiger partial charge in [-0.1, -0.05) is 42.5 Å². The SMILES string of the molecule is Cc1ccc(-c2cnn(Cc3ccccc3)c2)cc1C1C(=O)C(C)(C)OC(C)(C)C1=O. The van der Waals surface area contributed by atoms with Crippen molar-refractivity contribution in [1.29, 1.82) is 0 Å². The third-order valence-corrected chi connectivity index (χ3v) is 5.97. The van der Waals surface area contributed by atoms with Crippen LogP contribution in [0.4, 0.5) is 0 Å². The maximum absolute atomic E-state index is 13.2. The fraction of sp³-hybridized carbons (Fsp3) is 0.346. The quantitative estimate of drug-likeness (QED) is 0.578. The first-order valence-corrected chi connectivity index (χ1v) is 10.5. The molecule has 0 saturated carbocycles. The average Bonchev–Trinajstić information content (AvgIpc) is 3.17. The second-order valence-electron chi connectivity index (χ2n) is 9.27. The van der Waals surface area contributed by atoms with Gasteiger partial charge in [0.05, 0.1) is 12.7 Å². The van der Waals surface area contributed by atoms with Gasteiger partial charge < -0.3 is 4.74 Å². The first-order chi connectivity index (χ1) is 14.6. The molecule has 1 aromatic heterocycles. The molecule has 2 heterocycles. The molecule has 31 heavy (non-hydrogen) atoms. The molecule has 4 rings (SSSR count). The van der Waals surface area contributed by atoms with Crippen molar-refractivity contribution in [2.24, 2.45) is 0 Å². The summed E-state index contributed by atoms with van der Waals surface area (Å²) in [7, 11) is 0. The summed E-state index contributed by atoms with van der Waals surface area (Å²) < 4.78 is 7.73. The molecule has 2 aromatic carbocycles. The van der Waals surface area contributed by atoms with Crippen molar-refractivity contribution in [2.45, 2.75) is 58.3 Å². The zero-order chi connectivity index (χ0) is 22.4. The van der Waals surface area contributed by atoms with Crippen LogP contribution in [0, 0.1) is 6.92 Å². The maximum atomic E-state index is 13.2. The van der Waals surface area contributed by atoms with Crippen molar-refractivity contribution in [1.82, 2.24) is 9.78 Å². The third kappa shape index (κ3) is 3.98. The minimum absolute atomic E-state index is 0.197. The normalized spacial score (nSPS) is 18.4. The topological polar surface area (TPSA) is 61.2 Å². The Morgan fingerprint density at radius 3 is 2.23 bits per heavy atom. The average molecular weight is 417 g/mol. The molecule has 1 aliphatic rings. The number of aromatic nitrogens is 2. The number of aryl methyl sites for hydroxylation is 1. The van der Waals surface area contributed by atoms with Crippen LogP contribution in [0.25, 0.3) is 11.1 Å². The molecule has 0 amide bonds. The lowest BCUT2D eigenvalue weighted by atomic mass is 9.73. The second-order valence-corrected chi connectivity index (χ2v) is 9.27. The Morgan fingerprint density at radius 1 is 0.935 bits per heavy atom. The fourth-order valence-electron chi connectivity index (χ4n) is 4.34. The van der Waals surface area contributed by atoms with Gasteiger partial charge in [-0.15, -0.1) is 0 Å². The van der Waals surface area contributed by atoms with Gasteiger partial charge in [0.25, 0.3) is 0 Å². The van der Waals surface area contributed by atoms with E-state index in [0.29, 0.717) is 6.54 Å². The minimum atomic E-state index is -1.02. The number of ketones is 2. The summed E-state index contributed by atoms with van der Waals surface area (Å²) in [5.74, 6) is -1.23. The summed E-state index contributed by atoms with van der Waals surface area (Å²) in [6.45, 7) is 9.58. The molecule has 0 spiro atoms. The molecule has 160 valence electrons. The number of hydrogen-bond donors (Lipinski definition) is 0. The van der Waals surface area contributed by atoms with Gasteiger partial charge >= 0.3 is 0 Å². The molecule has 0 bridgehead atoms. The van der Waals surface area contributed by atoms with Crippen LogP contribution in [0.1, 0.15) is 50.3 Å². The van der Waals surface area contributed by atoms with E-state index in [2.05, 4.69) is 17.2 Å². The molecule has 3 aromatic rings. The molecule has 0 atom stereocenters. The summed E-state index contributed by atoms with van der Waals surface area (Å²) in [6.07, 6.45) is 3.81. The van der Waals surface area contributed by atoms with E-state index in [1.165, 1.54) is 5.56 Å². The van der Waals surface area contributed by atoms with Crippen LogP contribution in [0.3, 0.4) is 0 Å². The Morgan fingerprint density at radius 2 is 1.58 bits per heavy atom. The summed E-state index contributed by atoms with van der Waals surface area (Å²) in [6, 6.07) is 16.1. The highest BCUT2D eigenvalue weighted by Gasteiger charge is 2.53. The van der Waals surface area contributed by atoms with Crippen LogP contribution in [0.5, 0.6) is 0 Å². The summed E-state index contributed by atoms with van der Waals surface area (Å²) >= 11 is 0. The predicted octanol–water partition coefficient (Wildman–Crippen LogP) is 4.72. The van der Waals surface area contributed by atoms with E-state index < -0.39 is 17.1 Å². The minimum Gasteiger partial charge on any atom is -0.354 e. The van der Waals surface area contributed by atoms with Crippen LogP contribution >= 0.6 is 0 Å². The lowest BCUT2D eigenvalue weighted by molar-refractivity contribution is -0.184. The van der Waals surface area contributed by atoms with Gasteiger partial charge in [0, 0.05) is 11.8 Å². The molecular formula is C26H28N2O3. The Balaban J connectivity index is 1.69. The number of carbonyl (C=O) groups excluding carboxylic acids is 2. The molecule has 5 heteroatoms. The highest BCUT2D eigenvalue weighted by molar-refractivity contribution is 6.15. The third-order valence-electron chi connectivity index (χ3n) is 5.97. The number of Topliss-reactive ketones (excluding diaryl/α,β-unsaturated/α-hetero) is 2. The standard InChI is InChI=1S/C26H28N2O3/c1-17-11-12-19(20-14-27-28(16-20)15-18-9-7-6-8-10-18)13-21(17)22-23(29)25(2,3)31-26(4,5)24(22)30/h6-14,16,22H,15H2,1-5H3. The molecule has 1 aliphatic heterocycles. The summed E-state index contributed by atoms with van der Waals surface area (Å²) in [5.41, 5.74) is 2.67. The molecule has 0 N–H and O–H groups in total. The number of carbonyl (C=O) groups is 2. The number of benzene rings is 2. The lowest BCUT2D eigenvalue weighted by Gasteiger charge is -2.43. The molecule has 5 nitrogen and oxygen atoms in total. The Kier molecular flexibility index (Phi) is 5.18. The van der Waals surface area contributed by atoms with Gasteiger partial charge in [-0.05, 0) is 62.9 Å².